The lowest BCUT2D eigenvalue weighted by atomic mass is 9.93. The Bertz CT molecular complexity index is 443. The summed E-state index contributed by atoms with van der Waals surface area (Å²) in [5, 5.41) is 13.0. The van der Waals surface area contributed by atoms with Gasteiger partial charge in [0.2, 0.25) is 0 Å². The first-order valence-electron chi connectivity index (χ1n) is 7.42. The third kappa shape index (κ3) is 3.58. The summed E-state index contributed by atoms with van der Waals surface area (Å²) >= 11 is 0. The molecule has 0 aliphatic heterocycles. The highest BCUT2D eigenvalue weighted by Gasteiger charge is 2.21. The van der Waals surface area contributed by atoms with E-state index in [1.165, 1.54) is 0 Å². The van der Waals surface area contributed by atoms with Crippen LogP contribution in [0.25, 0.3) is 0 Å². The Morgan fingerprint density at radius 1 is 1.20 bits per heavy atom. The van der Waals surface area contributed by atoms with Gasteiger partial charge >= 0.3 is 0 Å². The van der Waals surface area contributed by atoms with Crippen LogP contribution in [0.2, 0.25) is 0 Å². The number of nitrogens with one attached hydrogen (secondary N) is 2. The lowest BCUT2D eigenvalue weighted by Crippen LogP contribution is -2.29. The van der Waals surface area contributed by atoms with Crippen molar-refractivity contribution >= 4 is 11.6 Å². The zero-order chi connectivity index (χ0) is 14.5. The first-order valence-corrected chi connectivity index (χ1v) is 7.42. The van der Waals surface area contributed by atoms with E-state index in [2.05, 4.69) is 27.6 Å². The van der Waals surface area contributed by atoms with Gasteiger partial charge in [0.15, 0.2) is 0 Å². The molecule has 0 spiro atoms. The van der Waals surface area contributed by atoms with Crippen LogP contribution < -0.4 is 16.6 Å². The van der Waals surface area contributed by atoms with Gasteiger partial charge in [0.1, 0.15) is 17.5 Å². The number of hydrogen-bond acceptors (Lipinski definition) is 6. The average Bonchev–Trinajstić information content (AvgIpc) is 2.45. The highest BCUT2D eigenvalue weighted by atomic mass is 16.3. The average molecular weight is 279 g/mol. The van der Waals surface area contributed by atoms with E-state index in [-0.39, 0.29) is 6.10 Å². The molecule has 6 nitrogen and oxygen atoms in total. The van der Waals surface area contributed by atoms with E-state index in [1.54, 1.807) is 0 Å². The second-order valence-electron chi connectivity index (χ2n) is 5.51. The van der Waals surface area contributed by atoms with Gasteiger partial charge in [-0.25, -0.2) is 15.8 Å². The summed E-state index contributed by atoms with van der Waals surface area (Å²) in [5.74, 6) is 7.89. The minimum absolute atomic E-state index is 0.142. The summed E-state index contributed by atoms with van der Waals surface area (Å²) in [5.41, 5.74) is 3.59. The lowest BCUT2D eigenvalue weighted by molar-refractivity contribution is 0.126. The van der Waals surface area contributed by atoms with Crippen molar-refractivity contribution < 1.29 is 5.11 Å². The fourth-order valence-corrected chi connectivity index (χ4v) is 2.59. The van der Waals surface area contributed by atoms with Crippen molar-refractivity contribution in [3.05, 3.63) is 11.4 Å². The Labute approximate surface area is 120 Å². The zero-order valence-corrected chi connectivity index (χ0v) is 12.3. The predicted octanol–water partition coefficient (Wildman–Crippen LogP) is 1.74. The van der Waals surface area contributed by atoms with Crippen molar-refractivity contribution in [2.24, 2.45) is 5.84 Å². The third-order valence-electron chi connectivity index (χ3n) is 3.84. The molecule has 1 saturated carbocycles. The first-order chi connectivity index (χ1) is 9.63. The van der Waals surface area contributed by atoms with Gasteiger partial charge in [-0.1, -0.05) is 6.92 Å². The quantitative estimate of drug-likeness (QED) is 0.484. The smallest absolute Gasteiger partial charge is 0.148 e. The summed E-state index contributed by atoms with van der Waals surface area (Å²) in [6.45, 7) is 4.07. The number of nitrogens with zero attached hydrogens (tertiary/aromatic N) is 2. The van der Waals surface area contributed by atoms with Gasteiger partial charge in [-0.3, -0.25) is 0 Å². The molecule has 1 aromatic rings. The number of aliphatic hydroxyl groups is 1. The van der Waals surface area contributed by atoms with E-state index >= 15 is 0 Å². The second-order valence-corrected chi connectivity index (χ2v) is 5.51. The molecule has 1 aliphatic rings. The molecule has 2 rings (SSSR count). The second kappa shape index (κ2) is 6.85. The molecule has 0 bridgehead atoms. The Hall–Kier alpha value is -1.40. The van der Waals surface area contributed by atoms with E-state index in [9.17, 15) is 5.11 Å². The minimum Gasteiger partial charge on any atom is -0.393 e. The van der Waals surface area contributed by atoms with E-state index in [0.717, 1.165) is 55.7 Å². The molecule has 1 aromatic heterocycles. The molecule has 0 amide bonds. The van der Waals surface area contributed by atoms with Crippen molar-refractivity contribution in [2.45, 2.75) is 64.5 Å². The summed E-state index contributed by atoms with van der Waals surface area (Å²) in [6.07, 6.45) is 5.35. The molecule has 0 saturated heterocycles. The van der Waals surface area contributed by atoms with E-state index in [4.69, 9.17) is 5.84 Å². The maximum Gasteiger partial charge on any atom is 0.148 e. The molecule has 0 radical (unpaired) electrons. The van der Waals surface area contributed by atoms with Crippen molar-refractivity contribution in [1.82, 2.24) is 9.97 Å². The molecule has 1 heterocycles. The summed E-state index contributed by atoms with van der Waals surface area (Å²) in [7, 11) is 0. The van der Waals surface area contributed by atoms with Gasteiger partial charge in [-0.15, -0.1) is 0 Å². The van der Waals surface area contributed by atoms with Crippen LogP contribution >= 0.6 is 0 Å². The summed E-state index contributed by atoms with van der Waals surface area (Å²) in [6, 6.07) is 0.368. The highest BCUT2D eigenvalue weighted by Crippen LogP contribution is 2.25. The van der Waals surface area contributed by atoms with E-state index in [0.29, 0.717) is 11.9 Å². The molecule has 6 heteroatoms. The van der Waals surface area contributed by atoms with Crippen molar-refractivity contribution in [1.29, 1.82) is 0 Å². The molecule has 0 aromatic carbocycles. The number of hydrogen-bond donors (Lipinski definition) is 4. The molecule has 0 atom stereocenters. The lowest BCUT2D eigenvalue weighted by Gasteiger charge is -2.27. The molecule has 112 valence electrons. The maximum absolute atomic E-state index is 9.56. The van der Waals surface area contributed by atoms with Crippen LogP contribution in [-0.2, 0) is 6.42 Å². The molecule has 1 aliphatic carbocycles. The monoisotopic (exact) mass is 279 g/mol. The molecule has 5 N–H and O–H groups in total. The largest absolute Gasteiger partial charge is 0.393 e. The Morgan fingerprint density at radius 2 is 1.85 bits per heavy atom. The van der Waals surface area contributed by atoms with Crippen molar-refractivity contribution in [3.63, 3.8) is 0 Å². The zero-order valence-electron chi connectivity index (χ0n) is 12.3. The number of aliphatic hydroxyl groups excluding tert-OH is 1. The summed E-state index contributed by atoms with van der Waals surface area (Å²) in [4.78, 5) is 9.02. The van der Waals surface area contributed by atoms with Crippen LogP contribution in [-0.4, -0.2) is 27.2 Å². The fraction of sp³-hybridized carbons (Fsp3) is 0.714. The van der Waals surface area contributed by atoms with Crippen LogP contribution in [0, 0.1) is 6.92 Å². The van der Waals surface area contributed by atoms with Gasteiger partial charge in [0.25, 0.3) is 0 Å². The van der Waals surface area contributed by atoms with Gasteiger partial charge in [0.05, 0.1) is 6.10 Å². The van der Waals surface area contributed by atoms with Gasteiger partial charge in [0, 0.05) is 18.0 Å². The fourth-order valence-electron chi connectivity index (χ4n) is 2.59. The van der Waals surface area contributed by atoms with Crippen LogP contribution in [0.5, 0.6) is 0 Å². The first kappa shape index (κ1) is 15.0. The standard InChI is InChI=1S/C14H25N5O/c1-3-4-12-17-13(9(2)14(18-12)19-15)16-10-5-7-11(20)8-6-10/h10-11,20H,3-8,15H2,1-2H3,(H2,16,17,18,19). The molecular formula is C14H25N5O. The number of nitrogen functional groups attached to an aromatic ring is 1. The van der Waals surface area contributed by atoms with E-state index in [1.807, 2.05) is 6.92 Å². The van der Waals surface area contributed by atoms with Gasteiger partial charge < -0.3 is 15.8 Å². The maximum atomic E-state index is 9.56. The summed E-state index contributed by atoms with van der Waals surface area (Å²) < 4.78 is 0. The minimum atomic E-state index is -0.142. The number of rotatable bonds is 5. The van der Waals surface area contributed by atoms with E-state index < -0.39 is 0 Å². The number of anilines is 2. The van der Waals surface area contributed by atoms with Gasteiger partial charge in [-0.05, 0) is 39.0 Å². The molecule has 1 fully saturated rings. The number of hydrazine groups is 1. The SMILES string of the molecule is CCCc1nc(NN)c(C)c(NC2CCC(O)CC2)n1. The van der Waals surface area contributed by atoms with Crippen LogP contribution in [0.15, 0.2) is 0 Å². The number of nitrogens with two attached hydrogens (primary N) is 1. The number of aromatic nitrogens is 2. The number of aryl methyl sites for hydroxylation is 1. The topological polar surface area (TPSA) is 96.1 Å². The van der Waals surface area contributed by atoms with Gasteiger partial charge in [-0.2, -0.15) is 0 Å². The Morgan fingerprint density at radius 3 is 2.45 bits per heavy atom. The normalized spacial score (nSPS) is 22.6. The molecular weight excluding hydrogens is 254 g/mol. The molecule has 20 heavy (non-hydrogen) atoms. The van der Waals surface area contributed by atoms with Crippen LogP contribution in [0.1, 0.15) is 50.4 Å². The van der Waals surface area contributed by atoms with Crippen LogP contribution in [0.3, 0.4) is 0 Å². The Balaban J connectivity index is 2.14. The van der Waals surface area contributed by atoms with Crippen molar-refractivity contribution in [3.8, 4) is 0 Å². The Kier molecular flexibility index (Phi) is 5.14. The van der Waals surface area contributed by atoms with Crippen molar-refractivity contribution in [2.75, 3.05) is 10.7 Å². The third-order valence-corrected chi connectivity index (χ3v) is 3.84. The highest BCUT2D eigenvalue weighted by molar-refractivity contribution is 5.57. The molecule has 0 unspecified atom stereocenters. The van der Waals surface area contributed by atoms with Crippen LogP contribution in [0.4, 0.5) is 11.6 Å². The predicted molar refractivity (Wildman–Crippen MR) is 80.5 cm³/mol.